The van der Waals surface area contributed by atoms with Crippen LogP contribution in [0.3, 0.4) is 0 Å². The van der Waals surface area contributed by atoms with Gasteiger partial charge < -0.3 is 10.2 Å². The molecule has 0 aliphatic carbocycles. The normalized spacial score (nSPS) is 15.1. The fourth-order valence-electron chi connectivity index (χ4n) is 3.79. The Morgan fingerprint density at radius 2 is 1.83 bits per heavy atom. The van der Waals surface area contributed by atoms with Crippen molar-refractivity contribution >= 4 is 17.5 Å². The lowest BCUT2D eigenvalue weighted by molar-refractivity contribution is -0.126. The molecule has 29 heavy (non-hydrogen) atoms. The second-order valence-corrected chi connectivity index (χ2v) is 7.72. The summed E-state index contributed by atoms with van der Waals surface area (Å²) in [6, 6.07) is 11.9. The van der Waals surface area contributed by atoms with E-state index in [0.29, 0.717) is 37.1 Å². The number of benzene rings is 1. The van der Waals surface area contributed by atoms with Crippen molar-refractivity contribution in [1.29, 1.82) is 0 Å². The summed E-state index contributed by atoms with van der Waals surface area (Å²) in [6.07, 6.45) is 4.64. The molecule has 1 aliphatic heterocycles. The molecule has 1 aromatic carbocycles. The Hall–Kier alpha value is -3.22. The fourth-order valence-corrected chi connectivity index (χ4v) is 3.79. The maximum atomic E-state index is 13.1. The highest BCUT2D eigenvalue weighted by Crippen LogP contribution is 2.23. The molecule has 1 saturated heterocycles. The Kier molecular flexibility index (Phi) is 5.29. The number of nitrogens with one attached hydrogen (secondary N) is 1. The van der Waals surface area contributed by atoms with Crippen LogP contribution in [0.25, 0.3) is 16.9 Å². The first-order chi connectivity index (χ1) is 14.0. The standard InChI is InChI=1S/C22H25N5O2/c1-15(2)25-21(28)17-9-12-26(13-10-17)22(29)18-14-24-27-19(8-11-23-20(18)27)16-6-4-3-5-7-16/h3-8,11,14-15,17H,9-10,12-13H2,1-2H3,(H,25,28). The smallest absolute Gasteiger partial charge is 0.259 e. The molecule has 3 aromatic rings. The highest BCUT2D eigenvalue weighted by Gasteiger charge is 2.29. The third kappa shape index (κ3) is 3.85. The molecular formula is C22H25N5O2. The van der Waals surface area contributed by atoms with Gasteiger partial charge in [-0.2, -0.15) is 5.10 Å². The molecule has 1 fully saturated rings. The number of nitrogens with zero attached hydrogens (tertiary/aromatic N) is 4. The number of amides is 2. The van der Waals surface area contributed by atoms with Crippen molar-refractivity contribution in [2.75, 3.05) is 13.1 Å². The van der Waals surface area contributed by atoms with Gasteiger partial charge in [-0.15, -0.1) is 0 Å². The molecule has 7 nitrogen and oxygen atoms in total. The Bertz CT molecular complexity index is 1020. The van der Waals surface area contributed by atoms with Crippen LogP contribution in [-0.2, 0) is 4.79 Å². The van der Waals surface area contributed by atoms with Crippen molar-refractivity contribution in [2.24, 2.45) is 5.92 Å². The van der Waals surface area contributed by atoms with Crippen LogP contribution in [0.2, 0.25) is 0 Å². The van der Waals surface area contributed by atoms with Crippen LogP contribution in [0.15, 0.2) is 48.8 Å². The molecule has 3 heterocycles. The highest BCUT2D eigenvalue weighted by molar-refractivity contribution is 6.00. The third-order valence-electron chi connectivity index (χ3n) is 5.29. The van der Waals surface area contributed by atoms with E-state index in [4.69, 9.17) is 0 Å². The molecule has 0 radical (unpaired) electrons. The minimum Gasteiger partial charge on any atom is -0.354 e. The maximum Gasteiger partial charge on any atom is 0.259 e. The van der Waals surface area contributed by atoms with E-state index in [1.165, 1.54) is 0 Å². The molecule has 1 N–H and O–H groups in total. The quantitative estimate of drug-likeness (QED) is 0.742. The van der Waals surface area contributed by atoms with E-state index < -0.39 is 0 Å². The molecule has 1 aliphatic rings. The van der Waals surface area contributed by atoms with Gasteiger partial charge >= 0.3 is 0 Å². The summed E-state index contributed by atoms with van der Waals surface area (Å²) < 4.78 is 1.71. The highest BCUT2D eigenvalue weighted by atomic mass is 16.2. The first-order valence-corrected chi connectivity index (χ1v) is 10.0. The van der Waals surface area contributed by atoms with Crippen molar-refractivity contribution in [3.8, 4) is 11.3 Å². The lowest BCUT2D eigenvalue weighted by Crippen LogP contribution is -2.44. The molecule has 0 spiro atoms. The van der Waals surface area contributed by atoms with Crippen LogP contribution >= 0.6 is 0 Å². The van der Waals surface area contributed by atoms with Gasteiger partial charge in [-0.1, -0.05) is 30.3 Å². The fraction of sp³-hybridized carbons (Fsp3) is 0.364. The van der Waals surface area contributed by atoms with Gasteiger partial charge in [0.1, 0.15) is 5.56 Å². The van der Waals surface area contributed by atoms with E-state index in [0.717, 1.165) is 11.3 Å². The number of hydrogen-bond acceptors (Lipinski definition) is 4. The lowest BCUT2D eigenvalue weighted by atomic mass is 9.95. The van der Waals surface area contributed by atoms with Crippen LogP contribution in [0, 0.1) is 5.92 Å². The van der Waals surface area contributed by atoms with Crippen molar-refractivity contribution in [1.82, 2.24) is 24.8 Å². The topological polar surface area (TPSA) is 79.6 Å². The van der Waals surface area contributed by atoms with Gasteiger partial charge in [-0.25, -0.2) is 9.50 Å². The molecule has 0 unspecified atom stereocenters. The summed E-state index contributed by atoms with van der Waals surface area (Å²) in [5, 5.41) is 7.39. The average Bonchev–Trinajstić information content (AvgIpc) is 3.18. The number of piperidine rings is 1. The van der Waals surface area contributed by atoms with Crippen LogP contribution < -0.4 is 5.32 Å². The molecule has 2 amide bonds. The number of aromatic nitrogens is 3. The van der Waals surface area contributed by atoms with Gasteiger partial charge in [0.15, 0.2) is 5.65 Å². The van der Waals surface area contributed by atoms with Crippen molar-refractivity contribution in [3.05, 3.63) is 54.4 Å². The Morgan fingerprint density at radius 1 is 1.10 bits per heavy atom. The molecule has 2 aromatic heterocycles. The zero-order valence-corrected chi connectivity index (χ0v) is 16.7. The monoisotopic (exact) mass is 391 g/mol. The number of fused-ring (bicyclic) bond motifs is 1. The van der Waals surface area contributed by atoms with E-state index in [9.17, 15) is 9.59 Å². The number of hydrogen-bond donors (Lipinski definition) is 1. The summed E-state index contributed by atoms with van der Waals surface area (Å²) in [7, 11) is 0. The van der Waals surface area contributed by atoms with E-state index in [1.54, 1.807) is 21.8 Å². The molecule has 0 bridgehead atoms. The average molecular weight is 391 g/mol. The second-order valence-electron chi connectivity index (χ2n) is 7.72. The van der Waals surface area contributed by atoms with Crippen LogP contribution in [0.4, 0.5) is 0 Å². The minimum atomic E-state index is -0.0829. The molecular weight excluding hydrogens is 366 g/mol. The SMILES string of the molecule is CC(C)NC(=O)C1CCN(C(=O)c2cnn3c(-c4ccccc4)ccnc23)CC1. The van der Waals surface area contributed by atoms with Gasteiger partial charge in [0.2, 0.25) is 5.91 Å². The van der Waals surface area contributed by atoms with E-state index in [-0.39, 0.29) is 23.8 Å². The number of likely N-dealkylation sites (tertiary alicyclic amines) is 1. The summed E-state index contributed by atoms with van der Waals surface area (Å²) in [5.41, 5.74) is 2.95. The predicted octanol–water partition coefficient (Wildman–Crippen LogP) is 2.77. The van der Waals surface area contributed by atoms with Gasteiger partial charge in [-0.05, 0) is 32.8 Å². The first kappa shape index (κ1) is 19.1. The number of carbonyl (C=O) groups excluding carboxylic acids is 2. The van der Waals surface area contributed by atoms with Crippen molar-refractivity contribution in [3.63, 3.8) is 0 Å². The van der Waals surface area contributed by atoms with Crippen molar-refractivity contribution < 1.29 is 9.59 Å². The zero-order valence-electron chi connectivity index (χ0n) is 16.7. The Labute approximate surface area is 169 Å². The predicted molar refractivity (Wildman–Crippen MR) is 110 cm³/mol. The summed E-state index contributed by atoms with van der Waals surface area (Å²) in [6.45, 7) is 5.03. The lowest BCUT2D eigenvalue weighted by Gasteiger charge is -2.31. The number of carbonyl (C=O) groups is 2. The van der Waals surface area contributed by atoms with Crippen LogP contribution in [-0.4, -0.2) is 50.4 Å². The van der Waals surface area contributed by atoms with Crippen molar-refractivity contribution in [2.45, 2.75) is 32.7 Å². The second kappa shape index (κ2) is 8.03. The van der Waals surface area contributed by atoms with E-state index >= 15 is 0 Å². The Balaban J connectivity index is 1.52. The zero-order chi connectivity index (χ0) is 20.4. The summed E-state index contributed by atoms with van der Waals surface area (Å²) in [4.78, 5) is 31.5. The molecule has 0 saturated carbocycles. The molecule has 4 rings (SSSR count). The van der Waals surface area contributed by atoms with Gasteiger partial charge in [0, 0.05) is 36.8 Å². The van der Waals surface area contributed by atoms with Gasteiger partial charge in [-0.3, -0.25) is 9.59 Å². The Morgan fingerprint density at radius 3 is 2.52 bits per heavy atom. The van der Waals surface area contributed by atoms with E-state index in [1.807, 2.05) is 50.2 Å². The van der Waals surface area contributed by atoms with Gasteiger partial charge in [0.05, 0.1) is 11.9 Å². The summed E-state index contributed by atoms with van der Waals surface area (Å²) >= 11 is 0. The maximum absolute atomic E-state index is 13.1. The third-order valence-corrected chi connectivity index (χ3v) is 5.29. The summed E-state index contributed by atoms with van der Waals surface area (Å²) in [5.74, 6) is -0.0363. The molecule has 7 heteroatoms. The first-order valence-electron chi connectivity index (χ1n) is 10.0. The van der Waals surface area contributed by atoms with Crippen LogP contribution in [0.5, 0.6) is 0 Å². The molecule has 150 valence electrons. The van der Waals surface area contributed by atoms with Crippen LogP contribution in [0.1, 0.15) is 37.0 Å². The van der Waals surface area contributed by atoms with E-state index in [2.05, 4.69) is 15.4 Å². The minimum absolute atomic E-state index is 0.0341. The molecule has 0 atom stereocenters. The van der Waals surface area contributed by atoms with Gasteiger partial charge in [0.25, 0.3) is 5.91 Å². The largest absolute Gasteiger partial charge is 0.354 e. The number of rotatable bonds is 4.